The summed E-state index contributed by atoms with van der Waals surface area (Å²) in [6, 6.07) is 47.6. The van der Waals surface area contributed by atoms with Gasteiger partial charge in [0.25, 0.3) is 11.8 Å². The molecule has 382 valence electrons. The smallest absolute Gasteiger partial charge is 0.321 e. The molecule has 0 saturated carbocycles. The van der Waals surface area contributed by atoms with Crippen LogP contribution in [0.15, 0.2) is 158 Å². The summed E-state index contributed by atoms with van der Waals surface area (Å²) in [6.45, 7) is 1.09. The standard InChI is InChI=1S/C57H60N8O9/c1-69-27-29-71-37-73-51-49(33-39-15-5-3-6-16-39)64(35-41-19-13-21-43(31-41)53(66)62-55-58-45-23-9-10-24-46(45)59-55)57(68)65(50(34-40-17-7-4-8-18-40)52(51)74-38-72-30-28-70-2)36-42-20-14-22-44(32-42)54(67)63-56-60-47-25-11-12-26-48(47)61-56/h3-26,31-32,49-52H,27-30,33-38H2,1-2H3,(H2,58,59,62,66)(H2,60,61,63,67)/t49-,50-,51+,52+/m1/s1. The number of imidazole rings is 2. The lowest BCUT2D eigenvalue weighted by atomic mass is 9.90. The van der Waals surface area contributed by atoms with Crippen LogP contribution in [0.5, 0.6) is 0 Å². The number of fused-ring (bicyclic) bond motifs is 2. The molecule has 2 aromatic heterocycles. The van der Waals surface area contributed by atoms with Gasteiger partial charge in [0.05, 0.1) is 60.6 Å². The van der Waals surface area contributed by atoms with Crippen LogP contribution in [-0.4, -0.2) is 126 Å². The van der Waals surface area contributed by atoms with E-state index in [1.54, 1.807) is 50.6 Å². The van der Waals surface area contributed by atoms with E-state index in [1.807, 2.05) is 131 Å². The molecular formula is C57H60N8O9. The first kappa shape index (κ1) is 51.1. The zero-order chi connectivity index (χ0) is 51.1. The van der Waals surface area contributed by atoms with E-state index in [9.17, 15) is 9.59 Å². The first-order valence-electron chi connectivity index (χ1n) is 24.5. The number of carbonyl (C=O) groups excluding carboxylic acids is 3. The van der Waals surface area contributed by atoms with Gasteiger partial charge < -0.3 is 48.2 Å². The highest BCUT2D eigenvalue weighted by Gasteiger charge is 2.49. The summed E-state index contributed by atoms with van der Waals surface area (Å²) in [5.41, 5.74) is 7.05. The Morgan fingerprint density at radius 3 is 1.34 bits per heavy atom. The van der Waals surface area contributed by atoms with Gasteiger partial charge in [0.2, 0.25) is 11.9 Å². The fraction of sp³-hybridized carbons (Fsp3) is 0.281. The number of urea groups is 1. The van der Waals surface area contributed by atoms with Crippen molar-refractivity contribution in [1.82, 2.24) is 29.7 Å². The molecule has 9 rings (SSSR count). The minimum atomic E-state index is -0.827. The van der Waals surface area contributed by atoms with Crippen LogP contribution in [0, 0.1) is 0 Å². The largest absolute Gasteiger partial charge is 0.382 e. The van der Waals surface area contributed by atoms with Crippen molar-refractivity contribution in [1.29, 1.82) is 0 Å². The maximum absolute atomic E-state index is 16.2. The predicted molar refractivity (Wildman–Crippen MR) is 280 cm³/mol. The van der Waals surface area contributed by atoms with Crippen LogP contribution in [0.1, 0.15) is 43.0 Å². The summed E-state index contributed by atoms with van der Waals surface area (Å²) < 4.78 is 36.5. The predicted octanol–water partition coefficient (Wildman–Crippen LogP) is 8.62. The van der Waals surface area contributed by atoms with E-state index in [4.69, 9.17) is 28.4 Å². The molecular weight excluding hydrogens is 941 g/mol. The number of anilines is 2. The van der Waals surface area contributed by atoms with Gasteiger partial charge in [-0.05, 0) is 83.6 Å². The summed E-state index contributed by atoms with van der Waals surface area (Å²) in [6.07, 6.45) is -0.941. The van der Waals surface area contributed by atoms with Crippen LogP contribution in [0.4, 0.5) is 16.7 Å². The SMILES string of the molecule is COCCOCO[C@@H]1[C@@H](OCOCCOC)[C@@H](Cc2ccccc2)N(Cc2cccc(C(=O)Nc3nc4ccccc4[nH]3)c2)C(=O)N(Cc2cccc(C(=O)Nc3nc4ccccc4[nH]3)c2)[C@@H]1Cc1ccccc1. The van der Waals surface area contributed by atoms with E-state index in [0.717, 1.165) is 33.2 Å². The molecule has 6 aromatic carbocycles. The van der Waals surface area contributed by atoms with Gasteiger partial charge in [0, 0.05) is 38.4 Å². The summed E-state index contributed by atoms with van der Waals surface area (Å²) in [4.78, 5) is 63.1. The van der Waals surface area contributed by atoms with Crippen molar-refractivity contribution < 1.29 is 42.8 Å². The number of hydrogen-bond acceptors (Lipinski definition) is 11. The van der Waals surface area contributed by atoms with Crippen molar-refractivity contribution in [2.45, 2.75) is 50.2 Å². The number of carbonyl (C=O) groups is 3. The van der Waals surface area contributed by atoms with Crippen molar-refractivity contribution in [2.24, 2.45) is 0 Å². The van der Waals surface area contributed by atoms with Crippen LogP contribution < -0.4 is 10.6 Å². The van der Waals surface area contributed by atoms with Crippen LogP contribution in [0.25, 0.3) is 22.1 Å². The second kappa shape index (κ2) is 25.3. The van der Waals surface area contributed by atoms with Gasteiger partial charge in [-0.15, -0.1) is 0 Å². The first-order chi connectivity index (χ1) is 36.3. The number of nitrogens with one attached hydrogen (secondary N) is 4. The average molecular weight is 1000 g/mol. The number of hydrogen-bond donors (Lipinski definition) is 4. The molecule has 0 spiro atoms. The van der Waals surface area contributed by atoms with Crippen LogP contribution in [0.2, 0.25) is 0 Å². The Bertz CT molecular complexity index is 2830. The lowest BCUT2D eigenvalue weighted by Crippen LogP contribution is -2.53. The molecule has 8 aromatic rings. The average Bonchev–Trinajstić information content (AvgIpc) is 4.03. The van der Waals surface area contributed by atoms with E-state index in [0.29, 0.717) is 60.2 Å². The zero-order valence-corrected chi connectivity index (χ0v) is 41.4. The number of nitrogens with zero attached hydrogens (tertiary/aromatic N) is 4. The van der Waals surface area contributed by atoms with Gasteiger partial charge in [-0.1, -0.05) is 109 Å². The van der Waals surface area contributed by atoms with Gasteiger partial charge in [-0.25, -0.2) is 14.8 Å². The van der Waals surface area contributed by atoms with Gasteiger partial charge >= 0.3 is 6.03 Å². The third-order valence-electron chi connectivity index (χ3n) is 12.8. The number of methoxy groups -OCH3 is 2. The molecule has 4 amide bonds. The number of H-pyrrole nitrogens is 2. The summed E-state index contributed by atoms with van der Waals surface area (Å²) in [5.74, 6) is -0.125. The third-order valence-corrected chi connectivity index (χ3v) is 12.8. The Morgan fingerprint density at radius 2 is 0.919 bits per heavy atom. The number of para-hydroxylation sites is 4. The second-order valence-electron chi connectivity index (χ2n) is 17.9. The minimum absolute atomic E-state index is 0.0675. The fourth-order valence-electron chi connectivity index (χ4n) is 9.24. The molecule has 4 N–H and O–H groups in total. The number of aromatic amines is 2. The van der Waals surface area contributed by atoms with Crippen LogP contribution in [0.3, 0.4) is 0 Å². The Kier molecular flexibility index (Phi) is 17.5. The van der Waals surface area contributed by atoms with E-state index in [-0.39, 0.29) is 57.7 Å². The molecule has 0 bridgehead atoms. The normalized spacial score (nSPS) is 16.9. The molecule has 1 aliphatic heterocycles. The molecule has 1 aliphatic rings. The van der Waals surface area contributed by atoms with Gasteiger partial charge in [-0.3, -0.25) is 20.2 Å². The van der Waals surface area contributed by atoms with E-state index in [2.05, 4.69) is 30.6 Å². The zero-order valence-electron chi connectivity index (χ0n) is 41.4. The van der Waals surface area contributed by atoms with E-state index < -0.39 is 24.3 Å². The second-order valence-corrected chi connectivity index (χ2v) is 17.9. The summed E-state index contributed by atoms with van der Waals surface area (Å²) >= 11 is 0. The highest BCUT2D eigenvalue weighted by molar-refractivity contribution is 6.04. The van der Waals surface area contributed by atoms with Gasteiger partial charge in [-0.2, -0.15) is 0 Å². The Labute approximate surface area is 429 Å². The number of rotatable bonds is 24. The van der Waals surface area contributed by atoms with E-state index in [1.165, 1.54) is 0 Å². The molecule has 1 fully saturated rings. The number of amides is 4. The molecule has 0 aliphatic carbocycles. The van der Waals surface area contributed by atoms with Gasteiger partial charge in [0.15, 0.2) is 0 Å². The maximum atomic E-state index is 16.2. The fourth-order valence-corrected chi connectivity index (χ4v) is 9.24. The van der Waals surface area contributed by atoms with E-state index >= 15 is 4.79 Å². The van der Waals surface area contributed by atoms with Crippen molar-refractivity contribution >= 4 is 51.8 Å². The third kappa shape index (κ3) is 13.1. The van der Waals surface area contributed by atoms with Gasteiger partial charge in [0.1, 0.15) is 25.8 Å². The molecule has 3 heterocycles. The van der Waals surface area contributed by atoms with Crippen LogP contribution in [-0.2, 0) is 54.4 Å². The highest BCUT2D eigenvalue weighted by Crippen LogP contribution is 2.34. The number of aromatic nitrogens is 4. The Morgan fingerprint density at radius 1 is 0.514 bits per heavy atom. The molecule has 74 heavy (non-hydrogen) atoms. The van der Waals surface area contributed by atoms with Crippen LogP contribution >= 0.6 is 0 Å². The number of benzene rings is 6. The molecule has 0 unspecified atom stereocenters. The van der Waals surface area contributed by atoms with Crippen molar-refractivity contribution in [3.8, 4) is 0 Å². The van der Waals surface area contributed by atoms with Crippen molar-refractivity contribution in [3.05, 3.63) is 191 Å². The lowest BCUT2D eigenvalue weighted by Gasteiger charge is -2.38. The monoisotopic (exact) mass is 1000 g/mol. The first-order valence-corrected chi connectivity index (χ1v) is 24.5. The quantitative estimate of drug-likeness (QED) is 0.0335. The molecule has 1 saturated heterocycles. The molecule has 17 heteroatoms. The lowest BCUT2D eigenvalue weighted by molar-refractivity contribution is -0.192. The maximum Gasteiger partial charge on any atom is 0.321 e. The molecule has 4 atom stereocenters. The van der Waals surface area contributed by atoms with Crippen molar-refractivity contribution in [2.75, 3.05) is 64.9 Å². The highest BCUT2D eigenvalue weighted by atomic mass is 16.7. The minimum Gasteiger partial charge on any atom is -0.382 e. The number of ether oxygens (including phenoxy) is 6. The summed E-state index contributed by atoms with van der Waals surface area (Å²) in [5, 5.41) is 5.82. The summed E-state index contributed by atoms with van der Waals surface area (Å²) in [7, 11) is 3.21. The van der Waals surface area contributed by atoms with Crippen molar-refractivity contribution in [3.63, 3.8) is 0 Å². The Balaban J connectivity index is 1.12. The Hall–Kier alpha value is -7.77. The molecule has 0 radical (unpaired) electrons. The topological polar surface area (TPSA) is 194 Å². The molecule has 17 nitrogen and oxygen atoms in total.